The van der Waals surface area contributed by atoms with E-state index in [2.05, 4.69) is 44.2 Å². The number of aromatic nitrogens is 6. The Bertz CT molecular complexity index is 984. The first kappa shape index (κ1) is 16.2. The first-order chi connectivity index (χ1) is 13.3. The number of hydroxylamine groups is 1. The second kappa shape index (κ2) is 6.34. The Morgan fingerprint density at radius 3 is 2.78 bits per heavy atom. The molecule has 2 aliphatic rings. The minimum atomic E-state index is -0.204. The molecule has 1 aliphatic carbocycles. The molecule has 0 radical (unpaired) electrons. The van der Waals surface area contributed by atoms with Crippen molar-refractivity contribution in [2.45, 2.75) is 51.2 Å². The maximum absolute atomic E-state index is 6.03. The summed E-state index contributed by atoms with van der Waals surface area (Å²) in [6, 6.07) is 0. The van der Waals surface area contributed by atoms with E-state index >= 15 is 0 Å². The number of hydrogen-bond acceptors (Lipinski definition) is 7. The summed E-state index contributed by atoms with van der Waals surface area (Å²) in [5, 5.41) is 13.1. The summed E-state index contributed by atoms with van der Waals surface area (Å²) in [4.78, 5) is 10.7. The predicted octanol–water partition coefficient (Wildman–Crippen LogP) is 2.50. The molecule has 1 aliphatic heterocycles. The Labute approximate surface area is 156 Å². The summed E-state index contributed by atoms with van der Waals surface area (Å²) in [6.07, 6.45) is 14.9. The summed E-state index contributed by atoms with van der Waals surface area (Å²) in [5.41, 5.74) is 9.92. The van der Waals surface area contributed by atoms with Gasteiger partial charge in [-0.15, -0.1) is 10.2 Å². The number of nitrogens with one attached hydrogen (secondary N) is 2. The molecule has 0 bridgehead atoms. The quantitative estimate of drug-likeness (QED) is 0.732. The molecular weight excluding hydrogens is 344 g/mol. The van der Waals surface area contributed by atoms with Gasteiger partial charge in [0.25, 0.3) is 0 Å². The normalized spacial score (nSPS) is 18.6. The second-order valence-corrected chi connectivity index (χ2v) is 7.11. The Morgan fingerprint density at radius 2 is 2.00 bits per heavy atom. The van der Waals surface area contributed by atoms with Crippen LogP contribution < -0.4 is 10.9 Å². The van der Waals surface area contributed by atoms with Crippen molar-refractivity contribution in [1.29, 1.82) is 0 Å². The monoisotopic (exact) mass is 366 g/mol. The van der Waals surface area contributed by atoms with Crippen LogP contribution in [-0.2, 0) is 11.4 Å². The average Bonchev–Trinajstić information content (AvgIpc) is 3.43. The van der Waals surface area contributed by atoms with Gasteiger partial charge in [-0.2, -0.15) is 5.10 Å². The zero-order chi connectivity index (χ0) is 18.3. The highest BCUT2D eigenvalue weighted by Gasteiger charge is 2.37. The van der Waals surface area contributed by atoms with Gasteiger partial charge in [-0.3, -0.25) is 15.7 Å². The molecule has 0 unspecified atom stereocenters. The molecule has 1 saturated carbocycles. The SMILES string of the molecule is CCn1ncc2c(Nn3cnnc3)c(C3=CC4(CCCCC4)ON3)cnc21. The molecule has 9 heteroatoms. The highest BCUT2D eigenvalue weighted by molar-refractivity contribution is 5.95. The Hall–Kier alpha value is -2.94. The maximum atomic E-state index is 6.03. The number of anilines is 1. The number of rotatable bonds is 4. The number of aryl methyl sites for hydroxylation is 1. The molecule has 0 atom stereocenters. The molecular formula is C18H22N8O. The van der Waals surface area contributed by atoms with E-state index in [1.807, 2.05) is 17.1 Å². The third-order valence-electron chi connectivity index (χ3n) is 5.39. The van der Waals surface area contributed by atoms with Crippen molar-refractivity contribution in [3.63, 3.8) is 0 Å². The molecule has 1 fully saturated rings. The van der Waals surface area contributed by atoms with Crippen molar-refractivity contribution in [2.24, 2.45) is 0 Å². The molecule has 5 rings (SSSR count). The van der Waals surface area contributed by atoms with E-state index in [1.165, 1.54) is 19.3 Å². The molecule has 9 nitrogen and oxygen atoms in total. The Kier molecular flexibility index (Phi) is 3.82. The summed E-state index contributed by atoms with van der Waals surface area (Å²) < 4.78 is 3.60. The third kappa shape index (κ3) is 2.74. The summed E-state index contributed by atoms with van der Waals surface area (Å²) >= 11 is 0. The van der Waals surface area contributed by atoms with Gasteiger partial charge >= 0.3 is 0 Å². The summed E-state index contributed by atoms with van der Waals surface area (Å²) in [5.74, 6) is 0. The lowest BCUT2D eigenvalue weighted by Crippen LogP contribution is -2.31. The molecule has 0 amide bonds. The topological polar surface area (TPSA) is 94.7 Å². The minimum Gasteiger partial charge on any atom is -0.290 e. The largest absolute Gasteiger partial charge is 0.290 e. The van der Waals surface area contributed by atoms with Crippen molar-refractivity contribution in [3.8, 4) is 0 Å². The predicted molar refractivity (Wildman–Crippen MR) is 100 cm³/mol. The number of nitrogens with zero attached hydrogens (tertiary/aromatic N) is 6. The van der Waals surface area contributed by atoms with Crippen LogP contribution in [0.1, 0.15) is 44.6 Å². The lowest BCUT2D eigenvalue weighted by Gasteiger charge is -2.29. The van der Waals surface area contributed by atoms with Gasteiger partial charge in [0.2, 0.25) is 0 Å². The number of fused-ring (bicyclic) bond motifs is 1. The van der Waals surface area contributed by atoms with E-state index in [1.54, 1.807) is 17.3 Å². The van der Waals surface area contributed by atoms with Crippen molar-refractivity contribution >= 4 is 22.4 Å². The van der Waals surface area contributed by atoms with Crippen LogP contribution >= 0.6 is 0 Å². The van der Waals surface area contributed by atoms with Gasteiger partial charge in [0.05, 0.1) is 23.0 Å². The molecule has 1 spiro atoms. The highest BCUT2D eigenvalue weighted by Crippen LogP contribution is 2.40. The van der Waals surface area contributed by atoms with Crippen molar-refractivity contribution in [2.75, 3.05) is 5.43 Å². The summed E-state index contributed by atoms with van der Waals surface area (Å²) in [7, 11) is 0. The molecule has 2 N–H and O–H groups in total. The van der Waals surface area contributed by atoms with E-state index in [-0.39, 0.29) is 5.60 Å². The van der Waals surface area contributed by atoms with Gasteiger partial charge in [-0.05, 0) is 25.8 Å². The zero-order valence-corrected chi connectivity index (χ0v) is 15.2. The van der Waals surface area contributed by atoms with Crippen LogP contribution in [-0.4, -0.2) is 35.2 Å². The molecule has 0 aromatic carbocycles. The van der Waals surface area contributed by atoms with Crippen LogP contribution in [0.2, 0.25) is 0 Å². The first-order valence-corrected chi connectivity index (χ1v) is 9.41. The van der Waals surface area contributed by atoms with Crippen molar-refractivity contribution < 1.29 is 4.84 Å². The highest BCUT2D eigenvalue weighted by atomic mass is 16.7. The van der Waals surface area contributed by atoms with Crippen LogP contribution in [0.3, 0.4) is 0 Å². The number of hydrogen-bond donors (Lipinski definition) is 2. The zero-order valence-electron chi connectivity index (χ0n) is 15.2. The van der Waals surface area contributed by atoms with Crippen LogP contribution in [0.15, 0.2) is 31.1 Å². The van der Waals surface area contributed by atoms with E-state index < -0.39 is 0 Å². The average molecular weight is 366 g/mol. The van der Waals surface area contributed by atoms with E-state index in [0.29, 0.717) is 0 Å². The standard InChI is InChI=1S/C18H22N8O/c1-2-26-17-14(10-22-26)16(23-25-11-20-21-12-25)13(9-19-17)15-8-18(27-24-15)6-4-3-5-7-18/h8-12,24H,2-7H2,1H3,(H,19,23). The molecule has 3 aromatic rings. The molecule has 0 saturated heterocycles. The molecule has 3 aromatic heterocycles. The van der Waals surface area contributed by atoms with Crippen molar-refractivity contribution in [3.05, 3.63) is 36.7 Å². The van der Waals surface area contributed by atoms with Crippen LogP contribution in [0, 0.1) is 0 Å². The van der Waals surface area contributed by atoms with Gasteiger partial charge in [0, 0.05) is 18.3 Å². The number of pyridine rings is 1. The van der Waals surface area contributed by atoms with Gasteiger partial charge in [0.15, 0.2) is 5.65 Å². The van der Waals surface area contributed by atoms with Crippen molar-refractivity contribution in [1.82, 2.24) is 35.1 Å². The fraction of sp³-hybridized carbons (Fsp3) is 0.444. The minimum absolute atomic E-state index is 0.204. The lowest BCUT2D eigenvalue weighted by molar-refractivity contribution is -0.0557. The molecule has 27 heavy (non-hydrogen) atoms. The Balaban J connectivity index is 1.62. The third-order valence-corrected chi connectivity index (χ3v) is 5.39. The van der Waals surface area contributed by atoms with Gasteiger partial charge in [-0.1, -0.05) is 19.3 Å². The van der Waals surface area contributed by atoms with Crippen LogP contribution in [0.25, 0.3) is 16.7 Å². The van der Waals surface area contributed by atoms with Gasteiger partial charge in [-0.25, -0.2) is 14.3 Å². The van der Waals surface area contributed by atoms with E-state index in [9.17, 15) is 0 Å². The van der Waals surface area contributed by atoms with Crippen LogP contribution in [0.5, 0.6) is 0 Å². The molecule has 4 heterocycles. The fourth-order valence-electron chi connectivity index (χ4n) is 3.98. The summed E-state index contributed by atoms with van der Waals surface area (Å²) in [6.45, 7) is 2.81. The lowest BCUT2D eigenvalue weighted by atomic mass is 9.84. The smallest absolute Gasteiger partial charge is 0.159 e. The Morgan fingerprint density at radius 1 is 1.19 bits per heavy atom. The van der Waals surface area contributed by atoms with Gasteiger partial charge < -0.3 is 0 Å². The first-order valence-electron chi connectivity index (χ1n) is 9.41. The fourth-order valence-corrected chi connectivity index (χ4v) is 3.98. The maximum Gasteiger partial charge on any atom is 0.159 e. The van der Waals surface area contributed by atoms with Crippen LogP contribution in [0.4, 0.5) is 5.69 Å². The molecule has 140 valence electrons. The van der Waals surface area contributed by atoms with Gasteiger partial charge in [0.1, 0.15) is 18.3 Å². The van der Waals surface area contributed by atoms with E-state index in [4.69, 9.17) is 4.84 Å². The van der Waals surface area contributed by atoms with E-state index in [0.717, 1.165) is 47.4 Å². The second-order valence-electron chi connectivity index (χ2n) is 7.11.